The molecule has 23 heavy (non-hydrogen) atoms. The number of aromatic amines is 1. The number of hydrogen-bond acceptors (Lipinski definition) is 5. The van der Waals surface area contributed by atoms with Crippen molar-refractivity contribution in [1.29, 1.82) is 0 Å². The molecule has 0 saturated heterocycles. The molecule has 0 spiro atoms. The fraction of sp³-hybridized carbons (Fsp3) is 0.333. The number of aryl methyl sites for hydroxylation is 2. The molecule has 0 aliphatic rings. The van der Waals surface area contributed by atoms with Gasteiger partial charge in [-0.2, -0.15) is 0 Å². The molecular formula is C15H18N6OS. The molecule has 0 aliphatic carbocycles. The number of hydrogen-bond donors (Lipinski definition) is 3. The Morgan fingerprint density at radius 1 is 1.26 bits per heavy atom. The van der Waals surface area contributed by atoms with E-state index in [0.717, 1.165) is 44.3 Å². The van der Waals surface area contributed by atoms with Crippen LogP contribution in [0.2, 0.25) is 0 Å². The predicted octanol–water partition coefficient (Wildman–Crippen LogP) is 2.92. The molecule has 3 rings (SSSR count). The summed E-state index contributed by atoms with van der Waals surface area (Å²) in [4.78, 5) is 19.5. The summed E-state index contributed by atoms with van der Waals surface area (Å²) in [5, 5.41) is 15.5. The van der Waals surface area contributed by atoms with Crippen LogP contribution >= 0.6 is 11.3 Å². The highest BCUT2D eigenvalue weighted by Gasteiger charge is 2.11. The van der Waals surface area contributed by atoms with Crippen molar-refractivity contribution in [2.45, 2.75) is 33.7 Å². The number of nitrogens with zero attached hydrogens (tertiary/aromatic N) is 3. The van der Waals surface area contributed by atoms with E-state index in [9.17, 15) is 4.79 Å². The number of carbonyl (C=O) groups excluding carboxylic acids is 1. The molecule has 0 atom stereocenters. The summed E-state index contributed by atoms with van der Waals surface area (Å²) in [5.74, 6) is 0. The van der Waals surface area contributed by atoms with Gasteiger partial charge in [-0.25, -0.2) is 9.78 Å². The van der Waals surface area contributed by atoms with Gasteiger partial charge < -0.3 is 15.6 Å². The van der Waals surface area contributed by atoms with Crippen LogP contribution in [0, 0.1) is 13.8 Å². The van der Waals surface area contributed by atoms with Crippen LogP contribution < -0.4 is 10.6 Å². The van der Waals surface area contributed by atoms with Gasteiger partial charge in [0.05, 0.1) is 23.9 Å². The average Bonchev–Trinajstić information content (AvgIpc) is 3.19. The maximum atomic E-state index is 12.1. The van der Waals surface area contributed by atoms with Crippen molar-refractivity contribution in [1.82, 2.24) is 25.5 Å². The van der Waals surface area contributed by atoms with Crippen molar-refractivity contribution in [2.75, 3.05) is 5.32 Å². The number of urea groups is 1. The Labute approximate surface area is 137 Å². The minimum absolute atomic E-state index is 0.264. The van der Waals surface area contributed by atoms with Crippen LogP contribution in [0.25, 0.3) is 11.0 Å². The summed E-state index contributed by atoms with van der Waals surface area (Å²) in [6.45, 7) is 6.36. The van der Waals surface area contributed by atoms with Crippen LogP contribution in [-0.2, 0) is 13.0 Å². The number of nitrogens with one attached hydrogen (secondary N) is 3. The molecule has 0 unspecified atom stereocenters. The zero-order valence-corrected chi connectivity index (χ0v) is 14.0. The number of imidazole rings is 1. The third-order valence-corrected chi connectivity index (χ3v) is 4.81. The smallest absolute Gasteiger partial charge is 0.319 e. The van der Waals surface area contributed by atoms with Crippen LogP contribution in [-0.4, -0.2) is 26.2 Å². The zero-order valence-electron chi connectivity index (χ0n) is 13.2. The number of benzene rings is 1. The molecule has 8 heteroatoms. The molecule has 0 radical (unpaired) electrons. The van der Waals surface area contributed by atoms with E-state index < -0.39 is 0 Å². The first-order chi connectivity index (χ1) is 11.1. The number of H-pyrrole nitrogens is 1. The van der Waals surface area contributed by atoms with Gasteiger partial charge in [0.25, 0.3) is 0 Å². The Hall–Kier alpha value is -2.48. The van der Waals surface area contributed by atoms with Crippen LogP contribution in [0.5, 0.6) is 0 Å². The SMILES string of the molecule is CCc1nnc(CNC(=O)Nc2cc3[nH]cnc3c(C)c2C)s1. The van der Waals surface area contributed by atoms with Crippen LogP contribution in [0.3, 0.4) is 0 Å². The molecule has 120 valence electrons. The third-order valence-electron chi connectivity index (χ3n) is 3.74. The fourth-order valence-electron chi connectivity index (χ4n) is 2.30. The number of anilines is 1. The Bertz CT molecular complexity index is 853. The van der Waals surface area contributed by atoms with E-state index in [4.69, 9.17) is 0 Å². The molecule has 0 bridgehead atoms. The standard InChI is InChI=1S/C15H18N6OS/c1-4-12-20-21-13(23-12)6-16-15(22)19-10-5-11-14(18-7-17-11)9(3)8(10)2/h5,7H,4,6H2,1-3H3,(H,17,18)(H2,16,19,22). The summed E-state index contributed by atoms with van der Waals surface area (Å²) in [7, 11) is 0. The fourth-order valence-corrected chi connectivity index (χ4v) is 3.02. The maximum absolute atomic E-state index is 12.1. The summed E-state index contributed by atoms with van der Waals surface area (Å²) < 4.78 is 0. The van der Waals surface area contributed by atoms with Crippen LogP contribution in [0.4, 0.5) is 10.5 Å². The van der Waals surface area contributed by atoms with Crippen molar-refractivity contribution in [2.24, 2.45) is 0 Å². The minimum Gasteiger partial charge on any atom is -0.345 e. The lowest BCUT2D eigenvalue weighted by atomic mass is 10.1. The second-order valence-corrected chi connectivity index (χ2v) is 6.37. The Morgan fingerprint density at radius 2 is 2.04 bits per heavy atom. The number of carbonyl (C=O) groups is 1. The molecule has 0 saturated carbocycles. The van der Waals surface area contributed by atoms with Gasteiger partial charge in [-0.3, -0.25) is 0 Å². The highest BCUT2D eigenvalue weighted by atomic mass is 32.1. The zero-order chi connectivity index (χ0) is 16.4. The maximum Gasteiger partial charge on any atom is 0.319 e. The third kappa shape index (κ3) is 3.16. The lowest BCUT2D eigenvalue weighted by Crippen LogP contribution is -2.28. The van der Waals surface area contributed by atoms with E-state index in [1.807, 2.05) is 26.8 Å². The van der Waals surface area contributed by atoms with Crippen molar-refractivity contribution in [3.05, 3.63) is 33.5 Å². The van der Waals surface area contributed by atoms with E-state index in [0.29, 0.717) is 6.54 Å². The van der Waals surface area contributed by atoms with E-state index in [2.05, 4.69) is 30.8 Å². The second-order valence-electron chi connectivity index (χ2n) is 5.22. The Kier molecular flexibility index (Phi) is 4.24. The van der Waals surface area contributed by atoms with Crippen molar-refractivity contribution < 1.29 is 4.79 Å². The monoisotopic (exact) mass is 330 g/mol. The summed E-state index contributed by atoms with van der Waals surface area (Å²) in [6.07, 6.45) is 2.51. The van der Waals surface area contributed by atoms with Crippen molar-refractivity contribution >= 4 is 34.1 Å². The van der Waals surface area contributed by atoms with Gasteiger partial charge in [0, 0.05) is 5.69 Å². The molecule has 3 aromatic rings. The first-order valence-corrected chi connectivity index (χ1v) is 8.19. The van der Waals surface area contributed by atoms with Crippen molar-refractivity contribution in [3.63, 3.8) is 0 Å². The summed E-state index contributed by atoms with van der Waals surface area (Å²) in [6, 6.07) is 1.63. The van der Waals surface area contributed by atoms with Crippen LogP contribution in [0.15, 0.2) is 12.4 Å². The molecule has 1 aromatic carbocycles. The highest BCUT2D eigenvalue weighted by molar-refractivity contribution is 7.11. The quantitative estimate of drug-likeness (QED) is 0.685. The first-order valence-electron chi connectivity index (χ1n) is 7.38. The largest absolute Gasteiger partial charge is 0.345 e. The van der Waals surface area contributed by atoms with Gasteiger partial charge in [-0.05, 0) is 37.5 Å². The van der Waals surface area contributed by atoms with E-state index >= 15 is 0 Å². The van der Waals surface area contributed by atoms with Gasteiger partial charge in [-0.15, -0.1) is 10.2 Å². The molecule has 2 aromatic heterocycles. The summed E-state index contributed by atoms with van der Waals surface area (Å²) in [5.41, 5.74) is 4.65. The number of rotatable bonds is 4. The van der Waals surface area contributed by atoms with Gasteiger partial charge in [-0.1, -0.05) is 18.3 Å². The summed E-state index contributed by atoms with van der Waals surface area (Å²) >= 11 is 1.51. The lowest BCUT2D eigenvalue weighted by molar-refractivity contribution is 0.251. The first kappa shape index (κ1) is 15.4. The number of fused-ring (bicyclic) bond motifs is 1. The van der Waals surface area contributed by atoms with Gasteiger partial charge in [0.15, 0.2) is 0 Å². The molecule has 0 fully saturated rings. The van der Waals surface area contributed by atoms with Crippen LogP contribution in [0.1, 0.15) is 28.1 Å². The van der Waals surface area contributed by atoms with E-state index in [-0.39, 0.29) is 6.03 Å². The number of aromatic nitrogens is 4. The van der Waals surface area contributed by atoms with Crippen molar-refractivity contribution in [3.8, 4) is 0 Å². The minimum atomic E-state index is -0.264. The van der Waals surface area contributed by atoms with E-state index in [1.165, 1.54) is 11.3 Å². The molecule has 3 N–H and O–H groups in total. The molecule has 2 heterocycles. The highest BCUT2D eigenvalue weighted by Crippen LogP contribution is 2.26. The Morgan fingerprint density at radius 3 is 2.78 bits per heavy atom. The lowest BCUT2D eigenvalue weighted by Gasteiger charge is -2.11. The molecule has 0 aliphatic heterocycles. The Balaban J connectivity index is 1.69. The van der Waals surface area contributed by atoms with E-state index in [1.54, 1.807) is 6.33 Å². The second kappa shape index (κ2) is 6.33. The topological polar surface area (TPSA) is 95.6 Å². The number of amides is 2. The van der Waals surface area contributed by atoms with Gasteiger partial charge >= 0.3 is 6.03 Å². The molecular weight excluding hydrogens is 312 g/mol. The van der Waals surface area contributed by atoms with Gasteiger partial charge in [0.1, 0.15) is 10.0 Å². The van der Waals surface area contributed by atoms with Gasteiger partial charge in [0.2, 0.25) is 0 Å². The molecule has 2 amide bonds. The predicted molar refractivity (Wildman–Crippen MR) is 90.7 cm³/mol. The normalized spacial score (nSPS) is 10.9. The average molecular weight is 330 g/mol. The molecule has 7 nitrogen and oxygen atoms in total.